The number of likely N-dealkylation sites (N-methyl/N-ethyl adjacent to an activating group) is 2. The quantitative estimate of drug-likeness (QED) is 0.677. The lowest BCUT2D eigenvalue weighted by Gasteiger charge is -2.16. The zero-order valence-electron chi connectivity index (χ0n) is 9.52. The molecule has 1 aromatic heterocycles. The minimum absolute atomic E-state index is 0.0139. The SMILES string of the molecule is CNC(=O)CN(C)C(=O)c1c(N)cnn1C. The fourth-order valence-electron chi connectivity index (χ4n) is 1.26. The van der Waals surface area contributed by atoms with Gasteiger partial charge in [0, 0.05) is 21.1 Å². The summed E-state index contributed by atoms with van der Waals surface area (Å²) in [5, 5.41) is 6.30. The van der Waals surface area contributed by atoms with Crippen molar-refractivity contribution in [1.82, 2.24) is 20.0 Å². The van der Waals surface area contributed by atoms with Crippen molar-refractivity contribution in [3.63, 3.8) is 0 Å². The van der Waals surface area contributed by atoms with Crippen LogP contribution in [0.1, 0.15) is 10.5 Å². The van der Waals surface area contributed by atoms with Gasteiger partial charge in [0.05, 0.1) is 18.4 Å². The van der Waals surface area contributed by atoms with Crippen LogP contribution in [0.5, 0.6) is 0 Å². The Kier molecular flexibility index (Phi) is 3.49. The number of nitrogens with one attached hydrogen (secondary N) is 1. The minimum atomic E-state index is -0.332. The summed E-state index contributed by atoms with van der Waals surface area (Å²) in [5.41, 5.74) is 6.20. The average Bonchev–Trinajstić information content (AvgIpc) is 2.57. The molecule has 0 spiro atoms. The maximum Gasteiger partial charge on any atom is 0.274 e. The van der Waals surface area contributed by atoms with E-state index in [-0.39, 0.29) is 24.1 Å². The smallest absolute Gasteiger partial charge is 0.274 e. The molecule has 0 fully saturated rings. The highest BCUT2D eigenvalue weighted by atomic mass is 16.2. The number of hydrogen-bond donors (Lipinski definition) is 2. The van der Waals surface area contributed by atoms with Crippen LogP contribution in [0.2, 0.25) is 0 Å². The summed E-state index contributed by atoms with van der Waals surface area (Å²) >= 11 is 0. The first-order chi connectivity index (χ1) is 7.47. The number of aromatic nitrogens is 2. The van der Waals surface area contributed by atoms with Gasteiger partial charge in [0.15, 0.2) is 0 Å². The Labute approximate surface area is 93.2 Å². The van der Waals surface area contributed by atoms with Gasteiger partial charge >= 0.3 is 0 Å². The zero-order valence-corrected chi connectivity index (χ0v) is 9.52. The largest absolute Gasteiger partial charge is 0.396 e. The minimum Gasteiger partial charge on any atom is -0.396 e. The van der Waals surface area contributed by atoms with Crippen molar-refractivity contribution in [2.45, 2.75) is 0 Å². The number of amides is 2. The molecule has 16 heavy (non-hydrogen) atoms. The van der Waals surface area contributed by atoms with Crippen molar-refractivity contribution in [2.75, 3.05) is 26.4 Å². The van der Waals surface area contributed by atoms with Gasteiger partial charge in [-0.2, -0.15) is 5.10 Å². The molecule has 0 saturated heterocycles. The van der Waals surface area contributed by atoms with Crippen molar-refractivity contribution < 1.29 is 9.59 Å². The maximum atomic E-state index is 11.9. The number of carbonyl (C=O) groups is 2. The van der Waals surface area contributed by atoms with Gasteiger partial charge in [-0.15, -0.1) is 0 Å². The first-order valence-corrected chi connectivity index (χ1v) is 4.71. The number of carbonyl (C=O) groups excluding carboxylic acids is 2. The lowest BCUT2D eigenvalue weighted by Crippen LogP contribution is -2.37. The Morgan fingerprint density at radius 2 is 2.25 bits per heavy atom. The Morgan fingerprint density at radius 1 is 1.62 bits per heavy atom. The third-order valence-corrected chi connectivity index (χ3v) is 2.18. The summed E-state index contributed by atoms with van der Waals surface area (Å²) < 4.78 is 1.39. The number of aryl methyl sites for hydroxylation is 1. The van der Waals surface area contributed by atoms with Gasteiger partial charge in [0.25, 0.3) is 5.91 Å². The average molecular weight is 225 g/mol. The molecule has 0 bridgehead atoms. The molecule has 0 aliphatic rings. The Morgan fingerprint density at radius 3 is 2.69 bits per heavy atom. The van der Waals surface area contributed by atoms with E-state index < -0.39 is 0 Å². The van der Waals surface area contributed by atoms with E-state index in [9.17, 15) is 9.59 Å². The van der Waals surface area contributed by atoms with Crippen molar-refractivity contribution in [1.29, 1.82) is 0 Å². The van der Waals surface area contributed by atoms with E-state index in [4.69, 9.17) is 5.73 Å². The van der Waals surface area contributed by atoms with E-state index in [1.807, 2.05) is 0 Å². The normalized spacial score (nSPS) is 9.94. The summed E-state index contributed by atoms with van der Waals surface area (Å²) in [4.78, 5) is 24.3. The van der Waals surface area contributed by atoms with Crippen LogP contribution < -0.4 is 11.1 Å². The summed E-state index contributed by atoms with van der Waals surface area (Å²) in [7, 11) is 4.67. The van der Waals surface area contributed by atoms with Crippen LogP contribution in [0.3, 0.4) is 0 Å². The highest BCUT2D eigenvalue weighted by Crippen LogP contribution is 2.11. The van der Waals surface area contributed by atoms with Gasteiger partial charge in [0.1, 0.15) is 5.69 Å². The second-order valence-electron chi connectivity index (χ2n) is 3.41. The predicted octanol–water partition coefficient (Wildman–Crippen LogP) is -1.18. The van der Waals surface area contributed by atoms with Crippen LogP contribution in [-0.2, 0) is 11.8 Å². The lowest BCUT2D eigenvalue weighted by molar-refractivity contribution is -0.121. The van der Waals surface area contributed by atoms with Gasteiger partial charge in [-0.3, -0.25) is 14.3 Å². The van der Waals surface area contributed by atoms with Gasteiger partial charge in [0.2, 0.25) is 5.91 Å². The topological polar surface area (TPSA) is 93.2 Å². The lowest BCUT2D eigenvalue weighted by atomic mass is 10.3. The molecule has 0 aliphatic heterocycles. The first-order valence-electron chi connectivity index (χ1n) is 4.71. The van der Waals surface area contributed by atoms with Gasteiger partial charge in [-0.25, -0.2) is 0 Å². The van der Waals surface area contributed by atoms with Crippen molar-refractivity contribution in [3.8, 4) is 0 Å². The number of anilines is 1. The van der Waals surface area contributed by atoms with E-state index >= 15 is 0 Å². The molecule has 0 radical (unpaired) electrons. The fourth-order valence-corrected chi connectivity index (χ4v) is 1.26. The molecule has 1 aromatic rings. The fraction of sp³-hybridized carbons (Fsp3) is 0.444. The molecule has 7 nitrogen and oxygen atoms in total. The van der Waals surface area contributed by atoms with Gasteiger partial charge < -0.3 is 16.0 Å². The van der Waals surface area contributed by atoms with Crippen LogP contribution in [-0.4, -0.2) is 47.1 Å². The molecule has 0 aromatic carbocycles. The zero-order chi connectivity index (χ0) is 12.3. The number of rotatable bonds is 3. The second kappa shape index (κ2) is 4.65. The van der Waals surface area contributed by atoms with Crippen LogP contribution in [0.15, 0.2) is 6.20 Å². The molecule has 88 valence electrons. The monoisotopic (exact) mass is 225 g/mol. The highest BCUT2D eigenvalue weighted by Gasteiger charge is 2.20. The maximum absolute atomic E-state index is 11.9. The summed E-state index contributed by atoms with van der Waals surface area (Å²) in [6.45, 7) is -0.0139. The Balaban J connectivity index is 2.82. The number of hydrogen-bond acceptors (Lipinski definition) is 4. The molecule has 0 atom stereocenters. The molecular formula is C9H15N5O2. The van der Waals surface area contributed by atoms with E-state index in [0.29, 0.717) is 5.69 Å². The summed E-state index contributed by atoms with van der Waals surface area (Å²) in [5.74, 6) is -0.572. The highest BCUT2D eigenvalue weighted by molar-refractivity contribution is 5.98. The van der Waals surface area contributed by atoms with Crippen LogP contribution >= 0.6 is 0 Å². The number of nitrogens with zero attached hydrogens (tertiary/aromatic N) is 3. The van der Waals surface area contributed by atoms with Gasteiger partial charge in [-0.05, 0) is 0 Å². The van der Waals surface area contributed by atoms with E-state index in [1.165, 1.54) is 29.9 Å². The standard InChI is InChI=1S/C9H15N5O2/c1-11-7(15)5-13(2)9(16)8-6(10)4-12-14(8)3/h4H,5,10H2,1-3H3,(H,11,15). The number of nitrogens with two attached hydrogens (primary N) is 1. The predicted molar refractivity (Wildman–Crippen MR) is 58.6 cm³/mol. The molecule has 2 amide bonds. The summed E-state index contributed by atoms with van der Waals surface area (Å²) in [6, 6.07) is 0. The summed E-state index contributed by atoms with van der Waals surface area (Å²) in [6.07, 6.45) is 1.40. The molecule has 0 unspecified atom stereocenters. The molecular weight excluding hydrogens is 210 g/mol. The first kappa shape index (κ1) is 12.0. The Bertz CT molecular complexity index is 393. The van der Waals surface area contributed by atoms with Crippen molar-refractivity contribution in [3.05, 3.63) is 11.9 Å². The van der Waals surface area contributed by atoms with Crippen LogP contribution in [0.25, 0.3) is 0 Å². The molecule has 7 heteroatoms. The Hall–Kier alpha value is -2.05. The molecule has 1 heterocycles. The molecule has 1 rings (SSSR count). The van der Waals surface area contributed by atoms with Crippen molar-refractivity contribution in [2.24, 2.45) is 7.05 Å². The van der Waals surface area contributed by atoms with E-state index in [1.54, 1.807) is 7.05 Å². The van der Waals surface area contributed by atoms with Crippen LogP contribution in [0.4, 0.5) is 5.69 Å². The second-order valence-corrected chi connectivity index (χ2v) is 3.41. The molecule has 0 aliphatic carbocycles. The van der Waals surface area contributed by atoms with Crippen molar-refractivity contribution >= 4 is 17.5 Å². The van der Waals surface area contributed by atoms with E-state index in [0.717, 1.165) is 0 Å². The van der Waals surface area contributed by atoms with Gasteiger partial charge in [-0.1, -0.05) is 0 Å². The van der Waals surface area contributed by atoms with E-state index in [2.05, 4.69) is 10.4 Å². The van der Waals surface area contributed by atoms with Crippen LogP contribution in [0, 0.1) is 0 Å². The molecule has 0 saturated carbocycles. The third-order valence-electron chi connectivity index (χ3n) is 2.18. The molecule has 3 N–H and O–H groups in total. The number of nitrogen functional groups attached to an aromatic ring is 1. The third kappa shape index (κ3) is 2.30.